The Hall–Kier alpha value is -1.84. The van der Waals surface area contributed by atoms with Crippen molar-refractivity contribution in [2.24, 2.45) is 11.5 Å². The number of unbranched alkanes of at least 4 members (excludes halogenated alkanes) is 12. The topological polar surface area (TPSA) is 110 Å². The summed E-state index contributed by atoms with van der Waals surface area (Å²) in [5.74, 6) is 6.84. The standard InChI is InChI=1S/C24H46N4O2.C2H4/c25-19-21-27-23(29)17-15-13-11-9-7-5-3-1-2-4-6-8-10-12-14-16-18-24(30)28-22-20-26;1-2/h3-22,25-26H2,(H,27,29)(H,28,30);1-2H2. The van der Waals surface area contributed by atoms with Crippen molar-refractivity contribution in [1.29, 1.82) is 0 Å². The van der Waals surface area contributed by atoms with Gasteiger partial charge in [0.2, 0.25) is 11.8 Å². The van der Waals surface area contributed by atoms with Crippen LogP contribution >= 0.6 is 0 Å². The molecule has 0 atom stereocenters. The van der Waals surface area contributed by atoms with Gasteiger partial charge in [-0.25, -0.2) is 0 Å². The highest BCUT2D eigenvalue weighted by molar-refractivity contribution is 5.76. The fourth-order valence-electron chi connectivity index (χ4n) is 3.19. The van der Waals surface area contributed by atoms with Crippen molar-refractivity contribution in [2.45, 2.75) is 103 Å². The molecule has 0 heterocycles. The lowest BCUT2D eigenvalue weighted by Crippen LogP contribution is -2.28. The van der Waals surface area contributed by atoms with Crippen LogP contribution in [0, 0.1) is 11.8 Å². The van der Waals surface area contributed by atoms with Gasteiger partial charge >= 0.3 is 0 Å². The van der Waals surface area contributed by atoms with E-state index in [1.54, 1.807) is 0 Å². The minimum absolute atomic E-state index is 0.124. The van der Waals surface area contributed by atoms with Gasteiger partial charge in [0.25, 0.3) is 0 Å². The number of amides is 2. The summed E-state index contributed by atoms with van der Waals surface area (Å²) in [6.07, 6.45) is 17.2. The van der Waals surface area contributed by atoms with Crippen LogP contribution in [0.15, 0.2) is 13.2 Å². The Morgan fingerprint density at radius 3 is 1.22 bits per heavy atom. The number of nitrogens with two attached hydrogens (primary N) is 2. The third-order valence-corrected chi connectivity index (χ3v) is 4.97. The zero-order valence-corrected chi connectivity index (χ0v) is 20.5. The lowest BCUT2D eigenvalue weighted by molar-refractivity contribution is -0.122. The summed E-state index contributed by atoms with van der Waals surface area (Å²) in [6, 6.07) is 0. The number of carbonyl (C=O) groups excluding carboxylic acids is 2. The van der Waals surface area contributed by atoms with Crippen LogP contribution in [-0.4, -0.2) is 38.0 Å². The second-order valence-corrected chi connectivity index (χ2v) is 7.87. The highest BCUT2D eigenvalue weighted by Crippen LogP contribution is 2.09. The molecule has 0 aromatic rings. The van der Waals surface area contributed by atoms with Gasteiger partial charge in [0.1, 0.15) is 0 Å². The Bertz CT molecular complexity index is 446. The number of rotatable bonds is 20. The third kappa shape index (κ3) is 28.2. The average molecular weight is 451 g/mol. The number of hydrogen-bond donors (Lipinski definition) is 4. The van der Waals surface area contributed by atoms with E-state index < -0.39 is 0 Å². The van der Waals surface area contributed by atoms with Crippen molar-refractivity contribution >= 4 is 11.8 Å². The van der Waals surface area contributed by atoms with Crippen LogP contribution < -0.4 is 22.1 Å². The summed E-state index contributed by atoms with van der Waals surface area (Å²) in [6.45, 7) is 8.18. The molecule has 0 aromatic heterocycles. The van der Waals surface area contributed by atoms with Crippen LogP contribution in [0.3, 0.4) is 0 Å². The first-order chi connectivity index (χ1) is 15.7. The lowest BCUT2D eigenvalue weighted by Gasteiger charge is -2.03. The summed E-state index contributed by atoms with van der Waals surface area (Å²) in [4.78, 5) is 22.8. The predicted molar refractivity (Wildman–Crippen MR) is 137 cm³/mol. The van der Waals surface area contributed by atoms with Crippen molar-refractivity contribution in [2.75, 3.05) is 26.2 Å². The summed E-state index contributed by atoms with van der Waals surface area (Å²) < 4.78 is 0. The van der Waals surface area contributed by atoms with E-state index in [4.69, 9.17) is 11.5 Å². The normalized spacial score (nSPS) is 9.81. The monoisotopic (exact) mass is 450 g/mol. The Morgan fingerprint density at radius 1 is 0.562 bits per heavy atom. The zero-order chi connectivity index (χ0) is 24.1. The molecule has 6 nitrogen and oxygen atoms in total. The van der Waals surface area contributed by atoms with E-state index >= 15 is 0 Å². The van der Waals surface area contributed by atoms with E-state index in [9.17, 15) is 9.59 Å². The van der Waals surface area contributed by atoms with Crippen LogP contribution in [0.4, 0.5) is 0 Å². The molecule has 0 rings (SSSR count). The van der Waals surface area contributed by atoms with E-state index in [-0.39, 0.29) is 11.8 Å². The van der Waals surface area contributed by atoms with E-state index in [2.05, 4.69) is 35.6 Å². The van der Waals surface area contributed by atoms with Gasteiger partial charge < -0.3 is 22.1 Å². The summed E-state index contributed by atoms with van der Waals surface area (Å²) in [5, 5.41) is 5.60. The summed E-state index contributed by atoms with van der Waals surface area (Å²) >= 11 is 0. The molecule has 32 heavy (non-hydrogen) atoms. The maximum absolute atomic E-state index is 11.4. The van der Waals surface area contributed by atoms with E-state index in [1.165, 1.54) is 51.4 Å². The molecule has 0 aliphatic carbocycles. The lowest BCUT2D eigenvalue weighted by atomic mass is 10.1. The molecule has 0 unspecified atom stereocenters. The highest BCUT2D eigenvalue weighted by atomic mass is 16.2. The summed E-state index contributed by atoms with van der Waals surface area (Å²) in [5.41, 5.74) is 10.7. The smallest absolute Gasteiger partial charge is 0.220 e. The molecule has 2 amide bonds. The molecule has 6 heteroatoms. The minimum atomic E-state index is 0.124. The van der Waals surface area contributed by atoms with Crippen molar-refractivity contribution in [1.82, 2.24) is 10.6 Å². The fourth-order valence-corrected chi connectivity index (χ4v) is 3.19. The molecule has 0 aromatic carbocycles. The molecule has 186 valence electrons. The summed E-state index contributed by atoms with van der Waals surface area (Å²) in [7, 11) is 0. The van der Waals surface area contributed by atoms with Crippen molar-refractivity contribution in [3.63, 3.8) is 0 Å². The fraction of sp³-hybridized carbons (Fsp3) is 0.769. The van der Waals surface area contributed by atoms with Gasteiger partial charge in [0.15, 0.2) is 0 Å². The Labute approximate surface area is 197 Å². The maximum Gasteiger partial charge on any atom is 0.220 e. The van der Waals surface area contributed by atoms with Crippen molar-refractivity contribution < 1.29 is 9.59 Å². The van der Waals surface area contributed by atoms with Gasteiger partial charge in [0.05, 0.1) is 0 Å². The zero-order valence-electron chi connectivity index (χ0n) is 20.5. The van der Waals surface area contributed by atoms with Gasteiger partial charge in [-0.05, 0) is 25.7 Å². The molecule has 0 saturated heterocycles. The van der Waals surface area contributed by atoms with Gasteiger partial charge in [0, 0.05) is 51.9 Å². The predicted octanol–water partition coefficient (Wildman–Crippen LogP) is 4.18. The average Bonchev–Trinajstić information content (AvgIpc) is 2.81. The highest BCUT2D eigenvalue weighted by Gasteiger charge is 2.00. The Morgan fingerprint density at radius 2 is 0.875 bits per heavy atom. The first-order valence-corrected chi connectivity index (χ1v) is 12.6. The van der Waals surface area contributed by atoms with Gasteiger partial charge in [-0.15, -0.1) is 25.0 Å². The largest absolute Gasteiger partial charge is 0.355 e. The minimum Gasteiger partial charge on any atom is -0.355 e. The third-order valence-electron chi connectivity index (χ3n) is 4.97. The van der Waals surface area contributed by atoms with Crippen LogP contribution in [0.1, 0.15) is 103 Å². The number of hydrogen-bond acceptors (Lipinski definition) is 4. The van der Waals surface area contributed by atoms with Gasteiger partial charge in [-0.2, -0.15) is 0 Å². The van der Waals surface area contributed by atoms with Crippen LogP contribution in [0.25, 0.3) is 0 Å². The molecule has 0 aliphatic rings. The molecule has 0 saturated carbocycles. The first-order valence-electron chi connectivity index (χ1n) is 12.6. The molecule has 0 spiro atoms. The Balaban J connectivity index is 0. The number of nitrogens with one attached hydrogen (secondary N) is 2. The van der Waals surface area contributed by atoms with Gasteiger partial charge in [-0.3, -0.25) is 9.59 Å². The molecular formula is C26H50N4O2. The van der Waals surface area contributed by atoms with Crippen molar-refractivity contribution in [3.8, 4) is 11.8 Å². The SMILES string of the molecule is C=C.NCCNC(=O)CCCCCCCCC#CCCCCCCCCC(=O)NCCN. The molecule has 0 aliphatic heterocycles. The molecular weight excluding hydrogens is 400 g/mol. The molecule has 0 radical (unpaired) electrons. The number of carbonyl (C=O) groups is 2. The first kappa shape index (κ1) is 32.3. The van der Waals surface area contributed by atoms with E-state index in [1.807, 2.05) is 0 Å². The quantitative estimate of drug-likeness (QED) is 0.127. The van der Waals surface area contributed by atoms with Crippen LogP contribution in [-0.2, 0) is 9.59 Å². The van der Waals surface area contributed by atoms with Crippen molar-refractivity contribution in [3.05, 3.63) is 13.2 Å². The molecule has 6 N–H and O–H groups in total. The molecule has 0 fully saturated rings. The van der Waals surface area contributed by atoms with Gasteiger partial charge in [-0.1, -0.05) is 51.4 Å². The van der Waals surface area contributed by atoms with Crippen LogP contribution in [0.5, 0.6) is 0 Å². The second kappa shape index (κ2) is 29.2. The maximum atomic E-state index is 11.4. The second-order valence-electron chi connectivity index (χ2n) is 7.87. The molecule has 0 bridgehead atoms. The van der Waals surface area contributed by atoms with E-state index in [0.29, 0.717) is 39.0 Å². The van der Waals surface area contributed by atoms with E-state index in [0.717, 1.165) is 38.5 Å². The Kier molecular flexibility index (Phi) is 29.5. The van der Waals surface area contributed by atoms with Crippen LogP contribution in [0.2, 0.25) is 0 Å².